The molecule has 5 aromatic rings. The maximum atomic E-state index is 12.6. The van der Waals surface area contributed by atoms with E-state index < -0.39 is 12.1 Å². The predicted octanol–water partition coefficient (Wildman–Crippen LogP) is 5.77. The molecule has 0 saturated carbocycles. The molecule has 34 heavy (non-hydrogen) atoms. The molecule has 0 fully saturated rings. The third-order valence-electron chi connectivity index (χ3n) is 4.67. The van der Waals surface area contributed by atoms with E-state index in [0.29, 0.717) is 34.2 Å². The zero-order valence-electron chi connectivity index (χ0n) is 17.0. The van der Waals surface area contributed by atoms with Gasteiger partial charge in [0.15, 0.2) is 0 Å². The number of nitrogens with one attached hydrogen (secondary N) is 2. The zero-order chi connectivity index (χ0) is 23.7. The minimum absolute atomic E-state index is 0.183. The molecule has 0 aliphatic heterocycles. The van der Waals surface area contributed by atoms with Gasteiger partial charge in [-0.2, -0.15) is 10.2 Å². The van der Waals surface area contributed by atoms with Crippen LogP contribution in [0.15, 0.2) is 67.1 Å². The van der Waals surface area contributed by atoms with E-state index in [1.807, 2.05) is 6.07 Å². The number of nitrogens with zero attached hydrogens (tertiary/aromatic N) is 5. The van der Waals surface area contributed by atoms with Gasteiger partial charge in [0, 0.05) is 41.5 Å². The molecule has 5 rings (SSSR count). The second-order valence-electron chi connectivity index (χ2n) is 7.04. The topological polar surface area (TPSA) is 102 Å². The number of fused-ring (bicyclic) bond motifs is 1. The zero-order valence-corrected chi connectivity index (χ0v) is 17.8. The van der Waals surface area contributed by atoms with Crippen molar-refractivity contribution in [2.75, 3.05) is 5.32 Å². The molecule has 2 N–H and O–H groups in total. The lowest BCUT2D eigenvalue weighted by molar-refractivity contribution is -0.274. The molecule has 0 aliphatic rings. The maximum absolute atomic E-state index is 12.6. The molecule has 170 valence electrons. The average molecular weight is 484 g/mol. The summed E-state index contributed by atoms with van der Waals surface area (Å²) in [5, 5.41) is 10.8. The second kappa shape index (κ2) is 8.60. The second-order valence-corrected chi connectivity index (χ2v) is 7.45. The molecule has 0 atom stereocenters. The molecular weight excluding hydrogens is 471 g/mol. The number of imidazole rings is 1. The molecule has 0 saturated heterocycles. The number of anilines is 2. The van der Waals surface area contributed by atoms with Crippen molar-refractivity contribution in [2.24, 2.45) is 0 Å². The number of hydrogen-bond acceptors (Lipinski definition) is 7. The summed E-state index contributed by atoms with van der Waals surface area (Å²) in [6.45, 7) is 0. The number of rotatable bonds is 5. The summed E-state index contributed by atoms with van der Waals surface area (Å²) >= 11 is 5.93. The van der Waals surface area contributed by atoms with Gasteiger partial charge in [-0.1, -0.05) is 23.7 Å². The Hall–Kier alpha value is -4.25. The molecular formula is C22H13ClF3N7O. The van der Waals surface area contributed by atoms with E-state index in [0.717, 1.165) is 11.6 Å². The Balaban J connectivity index is 1.38. The highest BCUT2D eigenvalue weighted by Crippen LogP contribution is 2.34. The lowest BCUT2D eigenvalue weighted by Gasteiger charge is -2.09. The third-order valence-corrected chi connectivity index (χ3v) is 4.97. The monoisotopic (exact) mass is 483 g/mol. The fraction of sp³-hybridized carbons (Fsp3) is 0.0455. The van der Waals surface area contributed by atoms with Crippen molar-refractivity contribution >= 4 is 34.3 Å². The van der Waals surface area contributed by atoms with Crippen LogP contribution in [0.3, 0.4) is 0 Å². The molecule has 0 aliphatic carbocycles. The standard InChI is InChI=1S/C22H13ClF3N7O/c23-15-8-17-18(9-19(15)34-22(24,25)26)32-20(31-17)12-3-1-4-14(7-12)30-21-27-10-13(11-28-21)16-5-2-6-29-33-16/h1-11H,(H,31,32)(H,27,28,30). The summed E-state index contributed by atoms with van der Waals surface area (Å²) in [4.78, 5) is 16.0. The quantitative estimate of drug-likeness (QED) is 0.327. The Bertz CT molecular complexity index is 1460. The van der Waals surface area contributed by atoms with Crippen LogP contribution in [0.25, 0.3) is 33.7 Å². The van der Waals surface area contributed by atoms with Gasteiger partial charge in [-0.05, 0) is 30.3 Å². The normalized spacial score (nSPS) is 11.5. The highest BCUT2D eigenvalue weighted by atomic mass is 35.5. The van der Waals surface area contributed by atoms with E-state index >= 15 is 0 Å². The number of ether oxygens (including phenoxy) is 1. The van der Waals surface area contributed by atoms with Crippen LogP contribution in [0.1, 0.15) is 0 Å². The fourth-order valence-corrected chi connectivity index (χ4v) is 3.41. The van der Waals surface area contributed by atoms with Crippen LogP contribution in [0.2, 0.25) is 5.02 Å². The number of halogens is 4. The Kier molecular flexibility index (Phi) is 5.46. The lowest BCUT2D eigenvalue weighted by atomic mass is 10.2. The molecule has 0 spiro atoms. The first-order valence-electron chi connectivity index (χ1n) is 9.77. The van der Waals surface area contributed by atoms with Crippen molar-refractivity contribution in [1.82, 2.24) is 30.1 Å². The van der Waals surface area contributed by atoms with E-state index in [9.17, 15) is 13.2 Å². The van der Waals surface area contributed by atoms with Crippen LogP contribution in [0.5, 0.6) is 5.75 Å². The Labute approximate surface area is 194 Å². The van der Waals surface area contributed by atoms with E-state index in [4.69, 9.17) is 11.6 Å². The lowest BCUT2D eigenvalue weighted by Crippen LogP contribution is -2.17. The highest BCUT2D eigenvalue weighted by molar-refractivity contribution is 6.32. The minimum Gasteiger partial charge on any atom is -0.404 e. The van der Waals surface area contributed by atoms with Crippen LogP contribution < -0.4 is 10.1 Å². The van der Waals surface area contributed by atoms with Gasteiger partial charge in [0.25, 0.3) is 0 Å². The predicted molar refractivity (Wildman–Crippen MR) is 120 cm³/mol. The number of aromatic nitrogens is 6. The molecule has 0 bridgehead atoms. The largest absolute Gasteiger partial charge is 0.573 e. The van der Waals surface area contributed by atoms with Gasteiger partial charge in [0.2, 0.25) is 5.95 Å². The summed E-state index contributed by atoms with van der Waals surface area (Å²) in [7, 11) is 0. The molecule has 2 aromatic carbocycles. The van der Waals surface area contributed by atoms with Gasteiger partial charge in [0.1, 0.15) is 11.6 Å². The number of H-pyrrole nitrogens is 1. The first-order valence-corrected chi connectivity index (χ1v) is 10.1. The third kappa shape index (κ3) is 4.74. The van der Waals surface area contributed by atoms with Crippen LogP contribution in [-0.2, 0) is 0 Å². The molecule has 12 heteroatoms. The average Bonchev–Trinajstić information content (AvgIpc) is 3.22. The van der Waals surface area contributed by atoms with Crippen molar-refractivity contribution in [1.29, 1.82) is 0 Å². The fourth-order valence-electron chi connectivity index (χ4n) is 3.20. The molecule has 3 aromatic heterocycles. The van der Waals surface area contributed by atoms with E-state index in [1.165, 1.54) is 6.07 Å². The van der Waals surface area contributed by atoms with Crippen LogP contribution >= 0.6 is 11.6 Å². The summed E-state index contributed by atoms with van der Waals surface area (Å²) in [5.41, 5.74) is 3.50. The minimum atomic E-state index is -4.86. The Morgan fingerprint density at radius 1 is 0.971 bits per heavy atom. The Morgan fingerprint density at radius 2 is 1.79 bits per heavy atom. The SMILES string of the molecule is FC(F)(F)Oc1cc2nc(-c3cccc(Nc4ncc(-c5cccnn5)cn4)c3)[nH]c2cc1Cl. The Morgan fingerprint density at radius 3 is 2.53 bits per heavy atom. The van der Waals surface area contributed by atoms with Gasteiger partial charge in [-0.3, -0.25) is 0 Å². The number of benzene rings is 2. The summed E-state index contributed by atoms with van der Waals surface area (Å²) in [6, 6.07) is 13.3. The van der Waals surface area contributed by atoms with E-state index in [2.05, 4.69) is 40.2 Å². The number of aromatic amines is 1. The van der Waals surface area contributed by atoms with Gasteiger partial charge in [0.05, 0.1) is 21.7 Å². The van der Waals surface area contributed by atoms with Crippen LogP contribution in [-0.4, -0.2) is 36.5 Å². The van der Waals surface area contributed by atoms with Crippen molar-refractivity contribution in [3.8, 4) is 28.4 Å². The molecule has 0 amide bonds. The van der Waals surface area contributed by atoms with Gasteiger partial charge in [-0.25, -0.2) is 15.0 Å². The van der Waals surface area contributed by atoms with Crippen molar-refractivity contribution in [3.05, 3.63) is 72.1 Å². The number of alkyl halides is 3. The van der Waals surface area contributed by atoms with Gasteiger partial charge < -0.3 is 15.0 Å². The molecule has 3 heterocycles. The number of hydrogen-bond donors (Lipinski definition) is 2. The van der Waals surface area contributed by atoms with E-state index in [1.54, 1.807) is 48.9 Å². The van der Waals surface area contributed by atoms with Crippen molar-refractivity contribution in [2.45, 2.75) is 6.36 Å². The van der Waals surface area contributed by atoms with Gasteiger partial charge >= 0.3 is 6.36 Å². The smallest absolute Gasteiger partial charge is 0.404 e. The molecule has 0 radical (unpaired) electrons. The molecule has 0 unspecified atom stereocenters. The summed E-state index contributed by atoms with van der Waals surface area (Å²) < 4.78 is 41.7. The van der Waals surface area contributed by atoms with Crippen LogP contribution in [0.4, 0.5) is 24.8 Å². The van der Waals surface area contributed by atoms with Crippen LogP contribution in [0, 0.1) is 0 Å². The molecule has 8 nitrogen and oxygen atoms in total. The first-order chi connectivity index (χ1) is 16.3. The summed E-state index contributed by atoms with van der Waals surface area (Å²) in [6.07, 6.45) is -0.0100. The van der Waals surface area contributed by atoms with Gasteiger partial charge in [-0.15, -0.1) is 13.2 Å². The maximum Gasteiger partial charge on any atom is 0.573 e. The summed E-state index contributed by atoms with van der Waals surface area (Å²) in [5.74, 6) is 0.296. The highest BCUT2D eigenvalue weighted by Gasteiger charge is 2.32. The van der Waals surface area contributed by atoms with E-state index in [-0.39, 0.29) is 10.5 Å². The first kappa shape index (κ1) is 21.6. The van der Waals surface area contributed by atoms with Crippen molar-refractivity contribution in [3.63, 3.8) is 0 Å². The van der Waals surface area contributed by atoms with Crippen molar-refractivity contribution < 1.29 is 17.9 Å².